The van der Waals surface area contributed by atoms with Crippen LogP contribution in [0.4, 0.5) is 26.3 Å². The van der Waals surface area contributed by atoms with E-state index >= 15 is 4.39 Å². The summed E-state index contributed by atoms with van der Waals surface area (Å²) in [6, 6.07) is 2.58. The SMILES string of the molecule is C=C1CC=C2C(=CC1OCc1cc(-c3cc(F)c(OCC4CC(C)(O)C4)c(F)c3)c(C(F)(F)F)cc1F)C[C@H]1[C@H](C(=O)O)[C@@H]21. The van der Waals surface area contributed by atoms with Crippen LogP contribution in [0.15, 0.2) is 59.7 Å². The highest BCUT2D eigenvalue weighted by atomic mass is 19.4. The monoisotopic (exact) mass is 620 g/mol. The van der Waals surface area contributed by atoms with E-state index in [1.54, 1.807) is 13.0 Å². The molecule has 3 saturated carbocycles. The van der Waals surface area contributed by atoms with E-state index in [4.69, 9.17) is 9.47 Å². The van der Waals surface area contributed by atoms with Crippen molar-refractivity contribution >= 4 is 5.97 Å². The summed E-state index contributed by atoms with van der Waals surface area (Å²) in [7, 11) is 0. The van der Waals surface area contributed by atoms with Crippen molar-refractivity contribution in [3.8, 4) is 16.9 Å². The first-order valence-electron chi connectivity index (χ1n) is 14.3. The second-order valence-corrected chi connectivity index (χ2v) is 12.5. The molecule has 6 rings (SSSR count). The Balaban J connectivity index is 1.23. The number of ether oxygens (including phenoxy) is 2. The van der Waals surface area contributed by atoms with Gasteiger partial charge in [-0.3, -0.25) is 4.79 Å². The minimum atomic E-state index is -5.03. The van der Waals surface area contributed by atoms with Crippen molar-refractivity contribution < 1.29 is 50.8 Å². The number of halogens is 6. The zero-order valence-electron chi connectivity index (χ0n) is 23.7. The summed E-state index contributed by atoms with van der Waals surface area (Å²) in [6.45, 7) is 5.11. The Morgan fingerprint density at radius 1 is 1.09 bits per heavy atom. The van der Waals surface area contributed by atoms with Gasteiger partial charge >= 0.3 is 12.1 Å². The largest absolute Gasteiger partial charge is 0.487 e. The third-order valence-corrected chi connectivity index (χ3v) is 9.12. The maximum atomic E-state index is 15.0. The standard InChI is InChI=1S/C33H30F6O5/c1-15-3-4-20-17(5-22-28(20)29(22)31(40)41)9-27(15)43-14-19-6-21(23(10-24(19)34)33(37,38)39)18-7-25(35)30(26(36)8-18)44-13-16-11-32(2,42)12-16/h4,6-10,16,22,27-29,42H,1,3,5,11-14H2,2H3,(H,40,41)/t16?,22-,27?,28+,29+,32?/m1/s1. The fraction of sp³-hybridized carbons (Fsp3) is 0.424. The lowest BCUT2D eigenvalue weighted by molar-refractivity contribution is -0.139. The van der Waals surface area contributed by atoms with Crippen LogP contribution in [-0.4, -0.2) is 34.5 Å². The number of fused-ring (bicyclic) bond motifs is 3. The van der Waals surface area contributed by atoms with Gasteiger partial charge in [0.05, 0.1) is 36.4 Å². The number of aliphatic hydroxyl groups is 1. The molecule has 5 nitrogen and oxygen atoms in total. The van der Waals surface area contributed by atoms with Crippen LogP contribution in [0.1, 0.15) is 43.7 Å². The van der Waals surface area contributed by atoms with Gasteiger partial charge in [-0.1, -0.05) is 12.7 Å². The van der Waals surface area contributed by atoms with E-state index < -0.39 is 76.3 Å². The number of allylic oxidation sites excluding steroid dienone is 3. The summed E-state index contributed by atoms with van der Waals surface area (Å²) < 4.78 is 98.0. The normalized spacial score (nSPS) is 29.2. The second kappa shape index (κ2) is 10.8. The van der Waals surface area contributed by atoms with Gasteiger partial charge in [0.1, 0.15) is 5.82 Å². The van der Waals surface area contributed by atoms with E-state index in [-0.39, 0.29) is 36.0 Å². The van der Waals surface area contributed by atoms with E-state index in [1.165, 1.54) is 0 Å². The zero-order valence-corrected chi connectivity index (χ0v) is 23.7. The van der Waals surface area contributed by atoms with E-state index in [0.717, 1.165) is 17.2 Å². The van der Waals surface area contributed by atoms with Gasteiger partial charge in [0.25, 0.3) is 0 Å². The summed E-state index contributed by atoms with van der Waals surface area (Å²) >= 11 is 0. The predicted octanol–water partition coefficient (Wildman–Crippen LogP) is 7.38. The maximum Gasteiger partial charge on any atom is 0.417 e. The molecule has 0 amide bonds. The molecule has 4 atom stereocenters. The number of carboxylic acid groups (broad SMARTS) is 1. The molecule has 0 saturated heterocycles. The average Bonchev–Trinajstić information content (AvgIpc) is 3.55. The van der Waals surface area contributed by atoms with Crippen molar-refractivity contribution in [3.05, 3.63) is 88.3 Å². The first-order chi connectivity index (χ1) is 20.6. The Morgan fingerprint density at radius 2 is 1.77 bits per heavy atom. The van der Waals surface area contributed by atoms with E-state index in [0.29, 0.717) is 43.4 Å². The summed E-state index contributed by atoms with van der Waals surface area (Å²) in [5, 5.41) is 19.2. The fourth-order valence-corrected chi connectivity index (χ4v) is 6.97. The fourth-order valence-electron chi connectivity index (χ4n) is 6.97. The highest BCUT2D eigenvalue weighted by Gasteiger charge is 2.61. The molecule has 0 spiro atoms. The summed E-state index contributed by atoms with van der Waals surface area (Å²) in [6.07, 6.45) is -0.288. The number of rotatable bonds is 8. The Bertz CT molecular complexity index is 1580. The number of hydrogen-bond donors (Lipinski definition) is 2. The topological polar surface area (TPSA) is 76.0 Å². The average molecular weight is 621 g/mol. The van der Waals surface area contributed by atoms with Crippen molar-refractivity contribution in [1.82, 2.24) is 0 Å². The molecule has 44 heavy (non-hydrogen) atoms. The van der Waals surface area contributed by atoms with E-state index in [2.05, 4.69) is 6.58 Å². The van der Waals surface area contributed by atoms with Gasteiger partial charge in [-0.05, 0) is 103 Å². The van der Waals surface area contributed by atoms with Crippen LogP contribution in [0.3, 0.4) is 0 Å². The highest BCUT2D eigenvalue weighted by molar-refractivity contribution is 5.77. The molecule has 4 aliphatic rings. The van der Waals surface area contributed by atoms with Crippen LogP contribution in [0.25, 0.3) is 11.1 Å². The maximum absolute atomic E-state index is 15.0. The van der Waals surface area contributed by atoms with Gasteiger partial charge in [-0.25, -0.2) is 13.2 Å². The van der Waals surface area contributed by atoms with Crippen LogP contribution >= 0.6 is 0 Å². The molecule has 3 fully saturated rings. The van der Waals surface area contributed by atoms with E-state index in [9.17, 15) is 37.0 Å². The smallest absolute Gasteiger partial charge is 0.417 e. The summed E-state index contributed by atoms with van der Waals surface area (Å²) in [5.74, 6) is -5.80. The number of hydrogen-bond acceptors (Lipinski definition) is 4. The lowest BCUT2D eigenvalue weighted by atomic mass is 9.73. The van der Waals surface area contributed by atoms with Crippen molar-refractivity contribution in [1.29, 1.82) is 0 Å². The van der Waals surface area contributed by atoms with Crippen LogP contribution in [0.5, 0.6) is 5.75 Å². The Hall–Kier alpha value is -3.57. The van der Waals surface area contributed by atoms with Crippen molar-refractivity contribution in [2.45, 2.75) is 57.1 Å². The molecule has 234 valence electrons. The first kappa shape index (κ1) is 30.5. The molecule has 2 aromatic rings. The minimum absolute atomic E-state index is 0.0130. The Morgan fingerprint density at radius 3 is 2.39 bits per heavy atom. The van der Waals surface area contributed by atoms with Gasteiger partial charge in [0, 0.05) is 11.5 Å². The first-order valence-corrected chi connectivity index (χ1v) is 14.3. The summed E-state index contributed by atoms with van der Waals surface area (Å²) in [5.41, 5.74) is -1.14. The van der Waals surface area contributed by atoms with Gasteiger partial charge in [-0.15, -0.1) is 0 Å². The van der Waals surface area contributed by atoms with Gasteiger partial charge < -0.3 is 19.7 Å². The van der Waals surface area contributed by atoms with Crippen molar-refractivity contribution in [2.24, 2.45) is 23.7 Å². The van der Waals surface area contributed by atoms with Crippen LogP contribution in [-0.2, 0) is 22.3 Å². The van der Waals surface area contributed by atoms with Crippen LogP contribution in [0.2, 0.25) is 0 Å². The molecule has 0 aliphatic heterocycles. The Labute approximate surface area is 249 Å². The van der Waals surface area contributed by atoms with Crippen LogP contribution in [0, 0.1) is 41.1 Å². The minimum Gasteiger partial charge on any atom is -0.487 e. The molecule has 4 aliphatic carbocycles. The third-order valence-electron chi connectivity index (χ3n) is 9.12. The molecule has 0 aromatic heterocycles. The lowest BCUT2D eigenvalue weighted by Crippen LogP contribution is -2.43. The lowest BCUT2D eigenvalue weighted by Gasteiger charge is -2.40. The molecular weight excluding hydrogens is 590 g/mol. The number of carboxylic acids is 1. The summed E-state index contributed by atoms with van der Waals surface area (Å²) in [4.78, 5) is 11.5. The number of aliphatic carboxylic acids is 1. The number of benzene rings is 2. The second-order valence-electron chi connectivity index (χ2n) is 12.5. The van der Waals surface area contributed by atoms with Gasteiger partial charge in [0.15, 0.2) is 17.4 Å². The van der Waals surface area contributed by atoms with Gasteiger partial charge in [-0.2, -0.15) is 13.2 Å². The molecule has 0 radical (unpaired) electrons. The quantitative estimate of drug-likeness (QED) is 0.238. The van der Waals surface area contributed by atoms with Crippen LogP contribution < -0.4 is 4.74 Å². The van der Waals surface area contributed by atoms with Crippen molar-refractivity contribution in [2.75, 3.05) is 6.61 Å². The molecule has 2 N–H and O–H groups in total. The zero-order chi connectivity index (χ0) is 31.7. The van der Waals surface area contributed by atoms with Gasteiger partial charge in [0.2, 0.25) is 0 Å². The molecule has 0 heterocycles. The van der Waals surface area contributed by atoms with E-state index in [1.807, 2.05) is 6.08 Å². The number of carbonyl (C=O) groups is 1. The molecule has 1 unspecified atom stereocenters. The molecule has 0 bridgehead atoms. The Kier molecular flexibility index (Phi) is 7.48. The van der Waals surface area contributed by atoms with Crippen molar-refractivity contribution in [3.63, 3.8) is 0 Å². The highest BCUT2D eigenvalue weighted by Crippen LogP contribution is 2.63. The number of alkyl halides is 3. The predicted molar refractivity (Wildman–Crippen MR) is 147 cm³/mol. The molecule has 11 heteroatoms. The third kappa shape index (κ3) is 5.67. The molecule has 2 aromatic carbocycles. The molecular formula is C33H30F6O5.